The Hall–Kier alpha value is -3.10. The zero-order chi connectivity index (χ0) is 20.1. The van der Waals surface area contributed by atoms with Crippen LogP contribution in [0.2, 0.25) is 0 Å². The van der Waals surface area contributed by atoms with Crippen LogP contribution in [0, 0.1) is 0 Å². The number of amides is 1. The van der Waals surface area contributed by atoms with Gasteiger partial charge in [-0.2, -0.15) is 0 Å². The Morgan fingerprint density at radius 3 is 2.57 bits per heavy atom. The first kappa shape index (κ1) is 19.7. The van der Waals surface area contributed by atoms with Crippen LogP contribution in [-0.2, 0) is 28.1 Å². The summed E-state index contributed by atoms with van der Waals surface area (Å²) in [5.41, 5.74) is 0.779. The summed E-state index contributed by atoms with van der Waals surface area (Å²) in [4.78, 5) is 23.9. The molecule has 0 bridgehead atoms. The average molecular weight is 388 g/mol. The molecule has 9 heteroatoms. The number of methoxy groups -OCH3 is 2. The molecule has 1 fully saturated rings. The molecule has 1 saturated carbocycles. The summed E-state index contributed by atoms with van der Waals surface area (Å²) in [6.07, 6.45) is 4.96. The number of benzene rings is 1. The molecule has 0 aliphatic heterocycles. The van der Waals surface area contributed by atoms with E-state index in [1.54, 1.807) is 14.2 Å². The van der Waals surface area contributed by atoms with Crippen molar-refractivity contribution < 1.29 is 24.2 Å². The maximum atomic E-state index is 13.1. The molecule has 1 amide bonds. The van der Waals surface area contributed by atoms with Crippen LogP contribution >= 0.6 is 0 Å². The van der Waals surface area contributed by atoms with Gasteiger partial charge in [0.25, 0.3) is 0 Å². The third kappa shape index (κ3) is 3.92. The van der Waals surface area contributed by atoms with E-state index in [1.807, 2.05) is 18.2 Å². The predicted octanol–water partition coefficient (Wildman–Crippen LogP) is 1.51. The van der Waals surface area contributed by atoms with Gasteiger partial charge < -0.3 is 19.9 Å². The molecule has 1 aromatic carbocycles. The van der Waals surface area contributed by atoms with Gasteiger partial charge in [-0.1, -0.05) is 24.1 Å². The van der Waals surface area contributed by atoms with Crippen LogP contribution in [-0.4, -0.2) is 46.2 Å². The van der Waals surface area contributed by atoms with Gasteiger partial charge >= 0.3 is 5.97 Å². The molecule has 9 nitrogen and oxygen atoms in total. The van der Waals surface area contributed by atoms with Crippen molar-refractivity contribution in [1.82, 2.24) is 20.3 Å². The summed E-state index contributed by atoms with van der Waals surface area (Å²) >= 11 is 0. The van der Waals surface area contributed by atoms with Crippen molar-refractivity contribution in [2.75, 3.05) is 14.2 Å². The highest BCUT2D eigenvalue weighted by Gasteiger charge is 2.43. The molecule has 28 heavy (non-hydrogen) atoms. The predicted molar refractivity (Wildman–Crippen MR) is 99.2 cm³/mol. The monoisotopic (exact) mass is 388 g/mol. The molecule has 0 unspecified atom stereocenters. The van der Waals surface area contributed by atoms with E-state index in [-0.39, 0.29) is 19.0 Å². The minimum Gasteiger partial charge on any atom is -0.493 e. The Morgan fingerprint density at radius 2 is 1.93 bits per heavy atom. The molecule has 0 spiro atoms. The van der Waals surface area contributed by atoms with Gasteiger partial charge in [0.1, 0.15) is 12.2 Å². The summed E-state index contributed by atoms with van der Waals surface area (Å²) in [6.45, 7) is -0.0793. The number of ether oxygens (including phenoxy) is 2. The number of rotatable bonds is 8. The van der Waals surface area contributed by atoms with Crippen molar-refractivity contribution in [3.05, 3.63) is 35.7 Å². The second-order valence-corrected chi connectivity index (χ2v) is 6.84. The Kier molecular flexibility index (Phi) is 5.81. The molecule has 150 valence electrons. The molecular formula is C19H24N4O5. The normalized spacial score (nSPS) is 15.2. The van der Waals surface area contributed by atoms with E-state index in [0.29, 0.717) is 17.2 Å². The lowest BCUT2D eigenvalue weighted by atomic mass is 9.77. The van der Waals surface area contributed by atoms with Crippen LogP contribution in [0.25, 0.3) is 0 Å². The Morgan fingerprint density at radius 1 is 1.21 bits per heavy atom. The highest BCUT2D eigenvalue weighted by molar-refractivity contribution is 5.88. The lowest BCUT2D eigenvalue weighted by Gasteiger charge is -2.29. The minimum atomic E-state index is -1.00. The van der Waals surface area contributed by atoms with Crippen LogP contribution in [0.3, 0.4) is 0 Å². The summed E-state index contributed by atoms with van der Waals surface area (Å²) in [7, 11) is 3.15. The zero-order valence-corrected chi connectivity index (χ0v) is 16.0. The van der Waals surface area contributed by atoms with Gasteiger partial charge in [0.05, 0.1) is 32.4 Å². The number of nitrogens with zero attached hydrogens (tertiary/aromatic N) is 3. The van der Waals surface area contributed by atoms with E-state index < -0.39 is 11.4 Å². The van der Waals surface area contributed by atoms with E-state index in [4.69, 9.17) is 14.6 Å². The molecule has 0 atom stereocenters. The number of hydrogen-bond donors (Lipinski definition) is 2. The van der Waals surface area contributed by atoms with E-state index >= 15 is 0 Å². The van der Waals surface area contributed by atoms with Crippen molar-refractivity contribution in [3.63, 3.8) is 0 Å². The third-order valence-electron chi connectivity index (χ3n) is 5.14. The number of hydrogen-bond acceptors (Lipinski definition) is 6. The molecule has 2 N–H and O–H groups in total. The Labute approximate surface area is 162 Å². The maximum Gasteiger partial charge on any atom is 0.325 e. The molecule has 0 saturated heterocycles. The van der Waals surface area contributed by atoms with Crippen molar-refractivity contribution in [2.24, 2.45) is 0 Å². The van der Waals surface area contributed by atoms with Crippen LogP contribution in [0.15, 0.2) is 24.4 Å². The largest absolute Gasteiger partial charge is 0.493 e. The number of nitrogens with one attached hydrogen (secondary N) is 1. The highest BCUT2D eigenvalue weighted by Crippen LogP contribution is 2.43. The van der Waals surface area contributed by atoms with Crippen LogP contribution < -0.4 is 14.8 Å². The first-order valence-electron chi connectivity index (χ1n) is 9.10. The molecule has 3 rings (SSSR count). The maximum absolute atomic E-state index is 13.1. The smallest absolute Gasteiger partial charge is 0.325 e. The lowest BCUT2D eigenvalue weighted by molar-refractivity contribution is -0.138. The number of aromatic nitrogens is 3. The lowest BCUT2D eigenvalue weighted by Crippen LogP contribution is -2.42. The Balaban J connectivity index is 1.77. The molecule has 1 aliphatic carbocycles. The van der Waals surface area contributed by atoms with Gasteiger partial charge in [-0.15, -0.1) is 5.10 Å². The fraction of sp³-hybridized carbons (Fsp3) is 0.474. The SMILES string of the molecule is COc1ccc(C2(C(=O)NCc3cn(CC(=O)O)nn3)CCCC2)cc1OC. The minimum absolute atomic E-state index is 0.0787. The van der Waals surface area contributed by atoms with Gasteiger partial charge in [0, 0.05) is 0 Å². The molecule has 0 radical (unpaired) electrons. The van der Waals surface area contributed by atoms with E-state index in [0.717, 1.165) is 31.2 Å². The fourth-order valence-corrected chi connectivity index (χ4v) is 3.73. The standard InChI is InChI=1S/C19H24N4O5/c1-27-15-6-5-13(9-16(15)28-2)19(7-3-4-8-19)18(26)20-10-14-11-23(22-21-14)12-17(24)25/h5-6,9,11H,3-4,7-8,10,12H2,1-2H3,(H,20,26)(H,24,25). The Bertz CT molecular complexity index is 858. The number of carbonyl (C=O) groups excluding carboxylic acids is 1. The zero-order valence-electron chi connectivity index (χ0n) is 16.0. The molecule has 1 heterocycles. The number of carboxylic acid groups (broad SMARTS) is 1. The highest BCUT2D eigenvalue weighted by atomic mass is 16.5. The van der Waals surface area contributed by atoms with Gasteiger partial charge in [0.15, 0.2) is 11.5 Å². The average Bonchev–Trinajstić information content (AvgIpc) is 3.35. The topological polar surface area (TPSA) is 116 Å². The number of carboxylic acids is 1. The van der Waals surface area contributed by atoms with Crippen molar-refractivity contribution in [3.8, 4) is 11.5 Å². The van der Waals surface area contributed by atoms with Crippen LogP contribution in [0.5, 0.6) is 11.5 Å². The summed E-state index contributed by atoms with van der Waals surface area (Å²) < 4.78 is 11.9. The molecular weight excluding hydrogens is 364 g/mol. The summed E-state index contributed by atoms with van der Waals surface area (Å²) in [6, 6.07) is 5.60. The van der Waals surface area contributed by atoms with Crippen molar-refractivity contribution >= 4 is 11.9 Å². The van der Waals surface area contributed by atoms with E-state index in [1.165, 1.54) is 10.9 Å². The van der Waals surface area contributed by atoms with Crippen LogP contribution in [0.4, 0.5) is 0 Å². The second-order valence-electron chi connectivity index (χ2n) is 6.84. The molecule has 2 aromatic rings. The second kappa shape index (κ2) is 8.28. The first-order chi connectivity index (χ1) is 13.5. The summed E-state index contributed by atoms with van der Waals surface area (Å²) in [5, 5.41) is 19.4. The molecule has 1 aliphatic rings. The molecule has 1 aromatic heterocycles. The van der Waals surface area contributed by atoms with Crippen molar-refractivity contribution in [2.45, 2.75) is 44.2 Å². The van der Waals surface area contributed by atoms with Gasteiger partial charge in [-0.3, -0.25) is 9.59 Å². The van der Waals surface area contributed by atoms with Gasteiger partial charge in [0.2, 0.25) is 5.91 Å². The summed E-state index contributed by atoms with van der Waals surface area (Å²) in [5.74, 6) is 0.134. The van der Waals surface area contributed by atoms with E-state index in [2.05, 4.69) is 15.6 Å². The quantitative estimate of drug-likeness (QED) is 0.704. The number of carbonyl (C=O) groups is 2. The third-order valence-corrected chi connectivity index (χ3v) is 5.14. The van der Waals surface area contributed by atoms with E-state index in [9.17, 15) is 9.59 Å². The fourth-order valence-electron chi connectivity index (χ4n) is 3.73. The van der Waals surface area contributed by atoms with Gasteiger partial charge in [-0.05, 0) is 30.5 Å². The van der Waals surface area contributed by atoms with Crippen molar-refractivity contribution in [1.29, 1.82) is 0 Å². The number of aliphatic carboxylic acids is 1. The van der Waals surface area contributed by atoms with Gasteiger partial charge in [-0.25, -0.2) is 4.68 Å². The van der Waals surface area contributed by atoms with Crippen LogP contribution in [0.1, 0.15) is 36.9 Å². The first-order valence-corrected chi connectivity index (χ1v) is 9.10.